The van der Waals surface area contributed by atoms with E-state index in [2.05, 4.69) is 19.2 Å². The molecule has 0 aliphatic carbocycles. The molecule has 1 heterocycles. The molecule has 0 saturated carbocycles. The van der Waals surface area contributed by atoms with E-state index >= 15 is 0 Å². The van der Waals surface area contributed by atoms with Crippen molar-refractivity contribution in [1.29, 1.82) is 0 Å². The Bertz CT molecular complexity index is 495. The van der Waals surface area contributed by atoms with Gasteiger partial charge in [-0.25, -0.2) is 4.39 Å². The minimum absolute atomic E-state index is 0.173. The second kappa shape index (κ2) is 6.53. The first-order valence-corrected chi connectivity index (χ1v) is 6.66. The van der Waals surface area contributed by atoms with Gasteiger partial charge in [0, 0.05) is 18.5 Å². The smallest absolute Gasteiger partial charge is 0.123 e. The van der Waals surface area contributed by atoms with E-state index in [4.69, 9.17) is 4.42 Å². The summed E-state index contributed by atoms with van der Waals surface area (Å²) in [5, 5.41) is 3.50. The fraction of sp³-hybridized carbons (Fsp3) is 0.375. The van der Waals surface area contributed by atoms with Crippen LogP contribution in [0.15, 0.2) is 47.1 Å². The molecule has 0 spiro atoms. The van der Waals surface area contributed by atoms with Gasteiger partial charge in [0.1, 0.15) is 11.6 Å². The Hall–Kier alpha value is -1.61. The highest BCUT2D eigenvalue weighted by Gasteiger charge is 2.10. The summed E-state index contributed by atoms with van der Waals surface area (Å²) in [6.45, 7) is 4.24. The summed E-state index contributed by atoms with van der Waals surface area (Å²) in [4.78, 5) is 0. The average molecular weight is 261 g/mol. The van der Waals surface area contributed by atoms with Crippen molar-refractivity contribution in [2.75, 3.05) is 0 Å². The van der Waals surface area contributed by atoms with Crippen LogP contribution in [0, 0.1) is 5.82 Å². The Kier molecular flexibility index (Phi) is 4.74. The number of nitrogens with one attached hydrogen (secondary N) is 1. The Morgan fingerprint density at radius 1 is 1.11 bits per heavy atom. The van der Waals surface area contributed by atoms with Crippen molar-refractivity contribution in [3.8, 4) is 0 Å². The maximum absolute atomic E-state index is 13.1. The summed E-state index contributed by atoms with van der Waals surface area (Å²) >= 11 is 0. The Morgan fingerprint density at radius 2 is 1.89 bits per heavy atom. The van der Waals surface area contributed by atoms with E-state index in [-0.39, 0.29) is 5.82 Å². The molecule has 0 amide bonds. The monoisotopic (exact) mass is 261 g/mol. The summed E-state index contributed by atoms with van der Waals surface area (Å²) < 4.78 is 18.4. The molecule has 19 heavy (non-hydrogen) atoms. The van der Waals surface area contributed by atoms with E-state index in [0.29, 0.717) is 12.1 Å². The largest absolute Gasteiger partial charge is 0.469 e. The van der Waals surface area contributed by atoms with Gasteiger partial charge in [0.15, 0.2) is 0 Å². The highest BCUT2D eigenvalue weighted by Crippen LogP contribution is 2.08. The van der Waals surface area contributed by atoms with Gasteiger partial charge in [-0.05, 0) is 50.1 Å². The predicted molar refractivity (Wildman–Crippen MR) is 74.6 cm³/mol. The van der Waals surface area contributed by atoms with Crippen molar-refractivity contribution in [2.45, 2.75) is 38.8 Å². The average Bonchev–Trinajstić information content (AvgIpc) is 2.81. The maximum Gasteiger partial charge on any atom is 0.123 e. The lowest BCUT2D eigenvalue weighted by molar-refractivity contribution is 0.422. The number of furan rings is 1. The van der Waals surface area contributed by atoms with E-state index in [1.807, 2.05) is 18.2 Å². The van der Waals surface area contributed by atoms with Crippen molar-refractivity contribution in [2.24, 2.45) is 0 Å². The highest BCUT2D eigenvalue weighted by molar-refractivity contribution is 5.17. The van der Waals surface area contributed by atoms with Crippen molar-refractivity contribution in [3.63, 3.8) is 0 Å². The van der Waals surface area contributed by atoms with Crippen molar-refractivity contribution in [1.82, 2.24) is 5.32 Å². The summed E-state index contributed by atoms with van der Waals surface area (Å²) in [5.74, 6) is 0.811. The van der Waals surface area contributed by atoms with E-state index < -0.39 is 0 Å². The molecule has 0 aliphatic heterocycles. The molecule has 2 atom stereocenters. The number of halogens is 1. The lowest BCUT2D eigenvalue weighted by Crippen LogP contribution is -2.37. The van der Waals surface area contributed by atoms with Gasteiger partial charge in [-0.1, -0.05) is 12.1 Å². The van der Waals surface area contributed by atoms with Crippen LogP contribution < -0.4 is 5.32 Å². The van der Waals surface area contributed by atoms with Gasteiger partial charge in [0.2, 0.25) is 0 Å². The molecule has 0 saturated heterocycles. The van der Waals surface area contributed by atoms with Crippen LogP contribution in [0.2, 0.25) is 0 Å². The van der Waals surface area contributed by atoms with Crippen molar-refractivity contribution < 1.29 is 8.81 Å². The molecule has 102 valence electrons. The molecule has 0 bridgehead atoms. The molecule has 1 aromatic heterocycles. The predicted octanol–water partition coefficient (Wildman–Crippen LogP) is 3.57. The van der Waals surface area contributed by atoms with E-state index in [0.717, 1.165) is 24.2 Å². The van der Waals surface area contributed by atoms with Crippen LogP contribution in [-0.4, -0.2) is 12.1 Å². The molecular formula is C16H20FNO. The molecule has 3 heteroatoms. The number of hydrogen-bond acceptors (Lipinski definition) is 2. The standard InChI is InChI=1S/C16H20FNO/c1-12(9-14-5-3-6-15(17)11-14)18-13(2)10-16-7-4-8-19-16/h3-8,11-13,18H,9-10H2,1-2H3. The van der Waals surface area contributed by atoms with Crippen LogP contribution in [0.4, 0.5) is 4.39 Å². The first-order valence-electron chi connectivity index (χ1n) is 6.66. The number of hydrogen-bond donors (Lipinski definition) is 1. The summed E-state index contributed by atoms with van der Waals surface area (Å²) in [6.07, 6.45) is 3.37. The van der Waals surface area contributed by atoms with Gasteiger partial charge in [-0.3, -0.25) is 0 Å². The quantitative estimate of drug-likeness (QED) is 0.860. The lowest BCUT2D eigenvalue weighted by atomic mass is 10.1. The molecular weight excluding hydrogens is 241 g/mol. The number of rotatable bonds is 6. The minimum atomic E-state index is -0.173. The highest BCUT2D eigenvalue weighted by atomic mass is 19.1. The first kappa shape index (κ1) is 13.8. The van der Waals surface area contributed by atoms with Crippen LogP contribution in [0.1, 0.15) is 25.2 Å². The molecule has 2 rings (SSSR count). The molecule has 0 fully saturated rings. The third kappa shape index (κ3) is 4.52. The second-order valence-corrected chi connectivity index (χ2v) is 5.09. The zero-order chi connectivity index (χ0) is 13.7. The van der Waals surface area contributed by atoms with Gasteiger partial charge in [-0.15, -0.1) is 0 Å². The fourth-order valence-corrected chi connectivity index (χ4v) is 2.35. The van der Waals surface area contributed by atoms with Crippen LogP contribution in [0.25, 0.3) is 0 Å². The molecule has 2 unspecified atom stereocenters. The Balaban J connectivity index is 1.82. The van der Waals surface area contributed by atoms with Crippen LogP contribution in [-0.2, 0) is 12.8 Å². The van der Waals surface area contributed by atoms with Gasteiger partial charge in [0.05, 0.1) is 6.26 Å². The van der Waals surface area contributed by atoms with E-state index in [1.54, 1.807) is 18.4 Å². The molecule has 1 N–H and O–H groups in total. The van der Waals surface area contributed by atoms with E-state index in [1.165, 1.54) is 6.07 Å². The van der Waals surface area contributed by atoms with Crippen LogP contribution in [0.3, 0.4) is 0 Å². The third-order valence-electron chi connectivity index (χ3n) is 3.09. The molecule has 2 aromatic rings. The summed E-state index contributed by atoms with van der Waals surface area (Å²) in [5.41, 5.74) is 1.02. The third-order valence-corrected chi connectivity index (χ3v) is 3.09. The zero-order valence-corrected chi connectivity index (χ0v) is 11.4. The first-order chi connectivity index (χ1) is 9.13. The summed E-state index contributed by atoms with van der Waals surface area (Å²) in [7, 11) is 0. The Labute approximate surface area is 113 Å². The molecule has 1 aromatic carbocycles. The zero-order valence-electron chi connectivity index (χ0n) is 11.4. The maximum atomic E-state index is 13.1. The van der Waals surface area contributed by atoms with E-state index in [9.17, 15) is 4.39 Å². The lowest BCUT2D eigenvalue weighted by Gasteiger charge is -2.19. The van der Waals surface area contributed by atoms with Gasteiger partial charge < -0.3 is 9.73 Å². The van der Waals surface area contributed by atoms with Crippen LogP contribution in [0.5, 0.6) is 0 Å². The number of benzene rings is 1. The summed E-state index contributed by atoms with van der Waals surface area (Å²) in [6, 6.07) is 11.3. The fourth-order valence-electron chi connectivity index (χ4n) is 2.35. The second-order valence-electron chi connectivity index (χ2n) is 5.09. The molecule has 0 radical (unpaired) electrons. The molecule has 0 aliphatic rings. The topological polar surface area (TPSA) is 25.2 Å². The van der Waals surface area contributed by atoms with Crippen LogP contribution >= 0.6 is 0 Å². The Morgan fingerprint density at radius 3 is 2.58 bits per heavy atom. The van der Waals surface area contributed by atoms with Gasteiger partial charge >= 0.3 is 0 Å². The van der Waals surface area contributed by atoms with Crippen molar-refractivity contribution >= 4 is 0 Å². The minimum Gasteiger partial charge on any atom is -0.469 e. The molecule has 2 nitrogen and oxygen atoms in total. The van der Waals surface area contributed by atoms with Crippen molar-refractivity contribution in [3.05, 3.63) is 59.8 Å². The SMILES string of the molecule is CC(Cc1cccc(F)c1)NC(C)Cc1ccco1. The normalized spacial score (nSPS) is 14.3. The van der Waals surface area contributed by atoms with Gasteiger partial charge in [-0.2, -0.15) is 0 Å². The van der Waals surface area contributed by atoms with Gasteiger partial charge in [0.25, 0.3) is 0 Å².